The maximum absolute atomic E-state index is 12.9. The molecule has 0 amide bonds. The molecule has 10 nitrogen and oxygen atoms in total. The number of nitrogens with zero attached hydrogens (tertiary/aromatic N) is 1. The van der Waals surface area contributed by atoms with Gasteiger partial charge in [-0.15, -0.1) is 0 Å². The van der Waals surface area contributed by atoms with Gasteiger partial charge in [-0.1, -0.05) is 83.0 Å². The fraction of sp³-hybridized carbons (Fsp3) is 0.719. The predicted octanol–water partition coefficient (Wildman–Crippen LogP) is 8.20. The molecule has 0 unspecified atom stereocenters. The lowest BCUT2D eigenvalue weighted by Gasteiger charge is -2.49. The Hall–Kier alpha value is -1.72. The summed E-state index contributed by atoms with van der Waals surface area (Å²) in [6, 6.07) is 0. The third-order valence-electron chi connectivity index (χ3n) is 8.71. The largest absolute Gasteiger partial charge is 0.534 e. The molecule has 0 aliphatic carbocycles. The van der Waals surface area contributed by atoms with Gasteiger partial charge in [0.15, 0.2) is 12.1 Å². The molecule has 5 atom stereocenters. The second-order valence-corrected chi connectivity index (χ2v) is 20.0. The zero-order valence-electron chi connectivity index (χ0n) is 29.4. The molecular weight excluding hydrogens is 695 g/mol. The van der Waals surface area contributed by atoms with Gasteiger partial charge in [-0.3, -0.25) is 0 Å². The molecule has 0 N–H and O–H groups in total. The average molecular weight is 746 g/mol. The third kappa shape index (κ3) is 10.9. The van der Waals surface area contributed by atoms with E-state index < -0.39 is 47.8 Å². The first-order valence-electron chi connectivity index (χ1n) is 15.8. The summed E-state index contributed by atoms with van der Waals surface area (Å²) in [5, 5.41) is 0. The Morgan fingerprint density at radius 1 is 1.15 bits per heavy atom. The predicted molar refractivity (Wildman–Crippen MR) is 180 cm³/mol. The Kier molecular flexibility index (Phi) is 15.9. The number of alkyl halides is 3. The molecule has 16 heteroatoms. The molecule has 1 aliphatic rings. The van der Waals surface area contributed by atoms with Crippen LogP contribution in [0.25, 0.3) is 0 Å². The maximum atomic E-state index is 12.9. The van der Waals surface area contributed by atoms with Gasteiger partial charge in [0.25, 0.3) is 5.88 Å². The monoisotopic (exact) mass is 745 g/mol. The zero-order chi connectivity index (χ0) is 36.5. The first-order valence-corrected chi connectivity index (χ1v) is 19.8. The lowest BCUT2D eigenvalue weighted by molar-refractivity contribution is -0.297. The minimum Gasteiger partial charge on any atom is -0.445 e. The van der Waals surface area contributed by atoms with Crippen molar-refractivity contribution >= 4 is 30.0 Å². The Labute approximate surface area is 289 Å². The number of hydrogen-bond donors (Lipinski definition) is 0. The quantitative estimate of drug-likeness (QED) is 0.0630. The topological polar surface area (TPSA) is 116 Å². The van der Waals surface area contributed by atoms with E-state index >= 15 is 0 Å². The minimum atomic E-state index is -5.94. The lowest BCUT2D eigenvalue weighted by Crippen LogP contribution is -2.57. The summed E-state index contributed by atoms with van der Waals surface area (Å²) in [5.41, 5.74) is -2.49. The smallest absolute Gasteiger partial charge is 0.445 e. The summed E-state index contributed by atoms with van der Waals surface area (Å²) in [6.07, 6.45) is 7.79. The van der Waals surface area contributed by atoms with E-state index in [0.717, 1.165) is 5.57 Å². The minimum absolute atomic E-state index is 0.154. The molecule has 0 saturated carbocycles. The summed E-state index contributed by atoms with van der Waals surface area (Å²) < 4.78 is 102. The molecule has 1 saturated heterocycles. The molecule has 2 heterocycles. The molecular formula is C32H51ClF3NO9SSi. The van der Waals surface area contributed by atoms with Crippen LogP contribution >= 0.6 is 11.6 Å². The van der Waals surface area contributed by atoms with Gasteiger partial charge in [0.05, 0.1) is 30.8 Å². The van der Waals surface area contributed by atoms with Gasteiger partial charge in [-0.25, -0.2) is 0 Å². The van der Waals surface area contributed by atoms with Crippen LogP contribution in [-0.4, -0.2) is 78.8 Å². The lowest BCUT2D eigenvalue weighted by atomic mass is 9.92. The summed E-state index contributed by atoms with van der Waals surface area (Å²) in [7, 11) is -3.80. The van der Waals surface area contributed by atoms with Crippen molar-refractivity contribution in [3.05, 3.63) is 47.6 Å². The van der Waals surface area contributed by atoms with E-state index in [9.17, 15) is 21.6 Å². The Bertz CT molecular complexity index is 1330. The van der Waals surface area contributed by atoms with Gasteiger partial charge in [-0.05, 0) is 30.0 Å². The van der Waals surface area contributed by atoms with E-state index in [-0.39, 0.29) is 47.6 Å². The summed E-state index contributed by atoms with van der Waals surface area (Å²) in [5.74, 6) is -2.44. The molecule has 1 aromatic rings. The fourth-order valence-corrected chi connectivity index (χ4v) is 12.4. The molecule has 2 rings (SSSR count). The number of hydrogen-bond acceptors (Lipinski definition) is 10. The Balaban J connectivity index is 2.57. The van der Waals surface area contributed by atoms with E-state index in [2.05, 4.69) is 50.7 Å². The molecule has 48 heavy (non-hydrogen) atoms. The van der Waals surface area contributed by atoms with Gasteiger partial charge in [0, 0.05) is 39.7 Å². The first kappa shape index (κ1) is 42.4. The second kappa shape index (κ2) is 18.0. The molecule has 0 aromatic carbocycles. The van der Waals surface area contributed by atoms with Crippen LogP contribution in [0.4, 0.5) is 13.2 Å². The molecule has 0 bridgehead atoms. The van der Waals surface area contributed by atoms with Gasteiger partial charge < -0.3 is 32.0 Å². The van der Waals surface area contributed by atoms with Gasteiger partial charge >= 0.3 is 15.6 Å². The van der Waals surface area contributed by atoms with Crippen LogP contribution in [0.3, 0.4) is 0 Å². The van der Waals surface area contributed by atoms with E-state index in [0.29, 0.717) is 19.1 Å². The highest BCUT2D eigenvalue weighted by atomic mass is 35.5. The number of rotatable bonds is 18. The van der Waals surface area contributed by atoms with E-state index in [1.807, 2.05) is 31.2 Å². The average Bonchev–Trinajstić information content (AvgIpc) is 3.43. The van der Waals surface area contributed by atoms with Crippen molar-refractivity contribution in [1.82, 2.24) is 4.98 Å². The summed E-state index contributed by atoms with van der Waals surface area (Å²) in [4.78, 5) is 3.83. The summed E-state index contributed by atoms with van der Waals surface area (Å²) in [6.45, 7) is 15.1. The van der Waals surface area contributed by atoms with Gasteiger partial charge in [0.2, 0.25) is 14.2 Å². The van der Waals surface area contributed by atoms with Gasteiger partial charge in [-0.2, -0.15) is 26.6 Å². The Morgan fingerprint density at radius 2 is 1.77 bits per heavy atom. The number of ether oxygens (including phenoxy) is 4. The zero-order valence-corrected chi connectivity index (χ0v) is 31.9. The van der Waals surface area contributed by atoms with Crippen molar-refractivity contribution in [3.8, 4) is 5.88 Å². The van der Waals surface area contributed by atoms with Crippen molar-refractivity contribution < 1.29 is 53.6 Å². The number of methoxy groups -OCH3 is 3. The van der Waals surface area contributed by atoms with Crippen molar-refractivity contribution in [1.29, 1.82) is 0 Å². The number of halogens is 4. The van der Waals surface area contributed by atoms with Crippen LogP contribution in [0.15, 0.2) is 46.1 Å². The van der Waals surface area contributed by atoms with Crippen LogP contribution in [-0.2, 0) is 39.9 Å². The van der Waals surface area contributed by atoms with E-state index in [1.54, 1.807) is 14.2 Å². The highest BCUT2D eigenvalue weighted by Gasteiger charge is 2.52. The molecule has 0 spiro atoms. The molecule has 276 valence electrons. The van der Waals surface area contributed by atoms with Crippen molar-refractivity contribution in [3.63, 3.8) is 0 Å². The number of allylic oxidation sites excluding steroid dienone is 2. The molecule has 0 radical (unpaired) electrons. The summed E-state index contributed by atoms with van der Waals surface area (Å²) >= 11 is 5.71. The highest BCUT2D eigenvalue weighted by Crippen LogP contribution is 2.45. The SMILES string of the molecule is CO[C@@H]1C[C@H]([C@H](/C=C(C)/C=C/[C@@H](C/C=C/Cl)OC)O[Si](C(C)C)(C(C)C)C(C)C)O[C@@](Cc2nc(OS(=O)(=O)C(F)(F)F)co2)(OC)C1. The standard InChI is InChI=1S/C32H51ClF3NO9SSi/c1-21(2)48(22(3)4,23(5)6)46-28(16-24(7)13-14-25(40-8)12-11-15-33)27-17-26(41-9)18-31(42-10,44-27)19-29-37-30(20-43-29)45-47(38,39)32(34,35)36/h11,13-16,20-23,25-28H,12,17-19H2,1-10H3/b14-13+,15-11+,24-16+/t25-,26-,27-,28+,31+/m1/s1. The number of aromatic nitrogens is 1. The highest BCUT2D eigenvalue weighted by molar-refractivity contribution is 7.87. The van der Waals surface area contributed by atoms with Crippen LogP contribution in [0.2, 0.25) is 16.6 Å². The fourth-order valence-electron chi connectivity index (χ4n) is 6.44. The van der Waals surface area contributed by atoms with Crippen molar-refractivity contribution in [2.45, 2.75) is 126 Å². The van der Waals surface area contributed by atoms with Crippen LogP contribution in [0, 0.1) is 0 Å². The van der Waals surface area contributed by atoms with Gasteiger partial charge in [0.1, 0.15) is 0 Å². The normalized spacial score (nSPS) is 23.2. The first-order chi connectivity index (χ1) is 22.3. The maximum Gasteiger partial charge on any atom is 0.534 e. The van der Waals surface area contributed by atoms with Crippen molar-refractivity contribution in [2.24, 2.45) is 0 Å². The molecule has 1 fully saturated rings. The second-order valence-electron chi connectivity index (χ2n) is 12.8. The number of oxazole rings is 1. The Morgan fingerprint density at radius 3 is 2.27 bits per heavy atom. The van der Waals surface area contributed by atoms with Crippen LogP contribution in [0.5, 0.6) is 5.88 Å². The van der Waals surface area contributed by atoms with E-state index in [4.69, 9.17) is 39.4 Å². The molecule has 1 aliphatic heterocycles. The third-order valence-corrected chi connectivity index (χ3v) is 15.9. The van der Waals surface area contributed by atoms with Crippen LogP contribution < -0.4 is 4.18 Å². The van der Waals surface area contributed by atoms with Crippen LogP contribution in [0.1, 0.15) is 73.6 Å². The molecule has 1 aromatic heterocycles. The van der Waals surface area contributed by atoms with E-state index in [1.165, 1.54) is 12.6 Å². The van der Waals surface area contributed by atoms with Crippen molar-refractivity contribution in [2.75, 3.05) is 21.3 Å².